The van der Waals surface area contributed by atoms with E-state index in [9.17, 15) is 5.11 Å². The molecule has 1 aromatic heterocycles. The summed E-state index contributed by atoms with van der Waals surface area (Å²) in [6.07, 6.45) is 5.01. The zero-order valence-electron chi connectivity index (χ0n) is 11.6. The summed E-state index contributed by atoms with van der Waals surface area (Å²) in [6.45, 7) is 0.630. The molecule has 0 spiro atoms. The summed E-state index contributed by atoms with van der Waals surface area (Å²) in [5.74, 6) is 2.02. The molecule has 106 valence electrons. The van der Waals surface area contributed by atoms with Crippen LogP contribution in [-0.2, 0) is 13.0 Å². The van der Waals surface area contributed by atoms with Crippen LogP contribution in [0.2, 0.25) is 0 Å². The van der Waals surface area contributed by atoms with Crippen molar-refractivity contribution in [3.63, 3.8) is 0 Å². The van der Waals surface area contributed by atoms with Crippen LogP contribution in [0.5, 0.6) is 11.5 Å². The van der Waals surface area contributed by atoms with Crippen LogP contribution >= 0.6 is 0 Å². The molecular formula is C16H19NO3. The lowest BCUT2D eigenvalue weighted by atomic mass is 9.93. The molecule has 2 N–H and O–H groups in total. The van der Waals surface area contributed by atoms with Gasteiger partial charge < -0.3 is 19.6 Å². The SMILES string of the molecule is COc1ccc(CNC2CCCc3occc32)c(O)c1. The third kappa shape index (κ3) is 2.51. The van der Waals surface area contributed by atoms with Gasteiger partial charge in [-0.25, -0.2) is 0 Å². The van der Waals surface area contributed by atoms with Crippen LogP contribution in [0.4, 0.5) is 0 Å². The summed E-state index contributed by atoms with van der Waals surface area (Å²) >= 11 is 0. The van der Waals surface area contributed by atoms with Crippen molar-refractivity contribution in [3.05, 3.63) is 47.4 Å². The van der Waals surface area contributed by atoms with Gasteiger partial charge in [0.05, 0.1) is 13.4 Å². The number of fused-ring (bicyclic) bond motifs is 1. The Labute approximate surface area is 118 Å². The Morgan fingerprint density at radius 2 is 2.30 bits per heavy atom. The van der Waals surface area contributed by atoms with Crippen LogP contribution < -0.4 is 10.1 Å². The highest BCUT2D eigenvalue weighted by atomic mass is 16.5. The number of phenolic OH excluding ortho intramolecular Hbond substituents is 1. The Balaban J connectivity index is 1.69. The second-order valence-electron chi connectivity index (χ2n) is 5.12. The van der Waals surface area contributed by atoms with Crippen molar-refractivity contribution in [1.29, 1.82) is 0 Å². The minimum Gasteiger partial charge on any atom is -0.507 e. The second kappa shape index (κ2) is 5.59. The molecule has 0 amide bonds. The van der Waals surface area contributed by atoms with Gasteiger partial charge in [-0.1, -0.05) is 6.07 Å². The lowest BCUT2D eigenvalue weighted by Gasteiger charge is -2.23. The molecule has 4 nitrogen and oxygen atoms in total. The Kier molecular flexibility index (Phi) is 3.65. The molecule has 1 aliphatic rings. The van der Waals surface area contributed by atoms with Gasteiger partial charge in [0.25, 0.3) is 0 Å². The molecule has 0 bridgehead atoms. The minimum absolute atomic E-state index is 0.264. The number of hydrogen-bond donors (Lipinski definition) is 2. The van der Waals surface area contributed by atoms with Crippen LogP contribution in [-0.4, -0.2) is 12.2 Å². The Bertz CT molecular complexity index is 591. The summed E-state index contributed by atoms with van der Waals surface area (Å²) in [5.41, 5.74) is 2.13. The molecule has 0 saturated carbocycles. The third-order valence-corrected chi connectivity index (χ3v) is 3.88. The molecule has 2 aromatic rings. The summed E-state index contributed by atoms with van der Waals surface area (Å²) < 4.78 is 10.6. The second-order valence-corrected chi connectivity index (χ2v) is 5.12. The smallest absolute Gasteiger partial charge is 0.123 e. The fourth-order valence-electron chi connectivity index (χ4n) is 2.75. The van der Waals surface area contributed by atoms with Crippen LogP contribution in [0.1, 0.15) is 35.8 Å². The molecule has 1 aromatic carbocycles. The molecule has 1 heterocycles. The van der Waals surface area contributed by atoms with E-state index in [4.69, 9.17) is 9.15 Å². The molecule has 0 radical (unpaired) electrons. The largest absolute Gasteiger partial charge is 0.507 e. The van der Waals surface area contributed by atoms with Crippen LogP contribution in [0, 0.1) is 0 Å². The average Bonchev–Trinajstić information content (AvgIpc) is 2.95. The number of nitrogens with one attached hydrogen (secondary N) is 1. The van der Waals surface area contributed by atoms with E-state index in [1.54, 1.807) is 19.4 Å². The quantitative estimate of drug-likeness (QED) is 0.898. The topological polar surface area (TPSA) is 54.6 Å². The molecule has 1 aliphatic carbocycles. The summed E-state index contributed by atoms with van der Waals surface area (Å²) in [4.78, 5) is 0. The maximum Gasteiger partial charge on any atom is 0.123 e. The van der Waals surface area contributed by atoms with Crippen molar-refractivity contribution < 1.29 is 14.3 Å². The van der Waals surface area contributed by atoms with Crippen molar-refractivity contribution in [1.82, 2.24) is 5.32 Å². The van der Waals surface area contributed by atoms with Crippen molar-refractivity contribution in [2.45, 2.75) is 31.8 Å². The average molecular weight is 273 g/mol. The number of aromatic hydroxyl groups is 1. The number of phenols is 1. The van der Waals surface area contributed by atoms with Gasteiger partial charge in [-0.05, 0) is 25.0 Å². The molecule has 20 heavy (non-hydrogen) atoms. The van der Waals surface area contributed by atoms with Gasteiger partial charge >= 0.3 is 0 Å². The van der Waals surface area contributed by atoms with Gasteiger partial charge in [-0.15, -0.1) is 0 Å². The van der Waals surface area contributed by atoms with Crippen LogP contribution in [0.15, 0.2) is 34.9 Å². The summed E-state index contributed by atoms with van der Waals surface area (Å²) in [5, 5.41) is 13.5. The molecule has 1 atom stereocenters. The van der Waals surface area contributed by atoms with Crippen molar-refractivity contribution in [2.75, 3.05) is 7.11 Å². The van der Waals surface area contributed by atoms with E-state index in [2.05, 4.69) is 5.32 Å². The normalized spacial score (nSPS) is 17.8. The molecule has 3 rings (SSSR count). The van der Waals surface area contributed by atoms with E-state index >= 15 is 0 Å². The number of aryl methyl sites for hydroxylation is 1. The predicted molar refractivity (Wildman–Crippen MR) is 75.9 cm³/mol. The predicted octanol–water partition coefficient (Wildman–Crippen LogP) is 3.16. The van der Waals surface area contributed by atoms with Gasteiger partial charge in [0.2, 0.25) is 0 Å². The zero-order chi connectivity index (χ0) is 13.9. The maximum atomic E-state index is 9.97. The van der Waals surface area contributed by atoms with E-state index in [1.165, 1.54) is 5.56 Å². The minimum atomic E-state index is 0.264. The summed E-state index contributed by atoms with van der Waals surface area (Å²) in [7, 11) is 1.59. The van der Waals surface area contributed by atoms with E-state index in [0.29, 0.717) is 18.3 Å². The van der Waals surface area contributed by atoms with Crippen LogP contribution in [0.25, 0.3) is 0 Å². The molecule has 0 saturated heterocycles. The number of furan rings is 1. The Hall–Kier alpha value is -1.94. The highest BCUT2D eigenvalue weighted by Crippen LogP contribution is 2.31. The first-order valence-electron chi connectivity index (χ1n) is 6.93. The number of rotatable bonds is 4. The number of methoxy groups -OCH3 is 1. The monoisotopic (exact) mass is 273 g/mol. The first-order chi connectivity index (χ1) is 9.78. The number of benzene rings is 1. The molecule has 1 unspecified atom stereocenters. The van der Waals surface area contributed by atoms with E-state index < -0.39 is 0 Å². The molecule has 0 fully saturated rings. The van der Waals surface area contributed by atoms with Gasteiger partial charge in [0.15, 0.2) is 0 Å². The van der Waals surface area contributed by atoms with Gasteiger partial charge in [0.1, 0.15) is 17.3 Å². The molecular weight excluding hydrogens is 254 g/mol. The maximum absolute atomic E-state index is 9.97. The Morgan fingerprint density at radius 3 is 3.10 bits per heavy atom. The van der Waals surface area contributed by atoms with Gasteiger partial charge in [0, 0.05) is 36.2 Å². The fourth-order valence-corrected chi connectivity index (χ4v) is 2.75. The number of hydrogen-bond acceptors (Lipinski definition) is 4. The standard InChI is InChI=1S/C16H19NO3/c1-19-12-6-5-11(15(18)9-12)10-17-14-3-2-4-16-13(14)7-8-20-16/h5-9,14,17-18H,2-4,10H2,1H3. The first kappa shape index (κ1) is 13.1. The highest BCUT2D eigenvalue weighted by Gasteiger charge is 2.22. The fraction of sp³-hybridized carbons (Fsp3) is 0.375. The first-order valence-corrected chi connectivity index (χ1v) is 6.93. The van der Waals surface area contributed by atoms with Crippen molar-refractivity contribution in [3.8, 4) is 11.5 Å². The van der Waals surface area contributed by atoms with Crippen molar-refractivity contribution in [2.24, 2.45) is 0 Å². The number of ether oxygens (including phenoxy) is 1. The lowest BCUT2D eigenvalue weighted by molar-refractivity contribution is 0.398. The lowest BCUT2D eigenvalue weighted by Crippen LogP contribution is -2.24. The summed E-state index contributed by atoms with van der Waals surface area (Å²) in [6, 6.07) is 7.74. The van der Waals surface area contributed by atoms with E-state index in [0.717, 1.165) is 30.6 Å². The zero-order valence-corrected chi connectivity index (χ0v) is 11.6. The van der Waals surface area contributed by atoms with Gasteiger partial charge in [-0.2, -0.15) is 0 Å². The Morgan fingerprint density at radius 1 is 1.40 bits per heavy atom. The third-order valence-electron chi connectivity index (χ3n) is 3.88. The molecule has 0 aliphatic heterocycles. The van der Waals surface area contributed by atoms with Crippen LogP contribution in [0.3, 0.4) is 0 Å². The van der Waals surface area contributed by atoms with Crippen molar-refractivity contribution >= 4 is 0 Å². The molecule has 4 heteroatoms. The highest BCUT2D eigenvalue weighted by molar-refractivity contribution is 5.39. The van der Waals surface area contributed by atoms with E-state index in [-0.39, 0.29) is 5.75 Å². The van der Waals surface area contributed by atoms with E-state index in [1.807, 2.05) is 18.2 Å². The van der Waals surface area contributed by atoms with Gasteiger partial charge in [-0.3, -0.25) is 0 Å².